The molecule has 1 unspecified atom stereocenters. The number of allylic oxidation sites excluding steroid dienone is 2. The number of nitrogens with one attached hydrogen (secondary N) is 1. The lowest BCUT2D eigenvalue weighted by Crippen LogP contribution is -2.10. The molecule has 0 saturated carbocycles. The number of rotatable bonds is 3. The summed E-state index contributed by atoms with van der Waals surface area (Å²) in [6, 6.07) is 0. The van der Waals surface area contributed by atoms with Crippen molar-refractivity contribution in [1.29, 1.82) is 0 Å². The third kappa shape index (κ3) is 2.66. The van der Waals surface area contributed by atoms with E-state index >= 15 is 0 Å². The molecule has 1 aliphatic rings. The summed E-state index contributed by atoms with van der Waals surface area (Å²) in [5.41, 5.74) is 0. The van der Waals surface area contributed by atoms with Gasteiger partial charge in [-0.2, -0.15) is 0 Å². The topological polar surface area (TPSA) is 33.6 Å². The maximum atomic E-state index is 5.54. The molecular formula is C9H16N2O. The van der Waals surface area contributed by atoms with Crippen molar-refractivity contribution in [3.63, 3.8) is 0 Å². The summed E-state index contributed by atoms with van der Waals surface area (Å²) in [4.78, 5) is 4.15. The lowest BCUT2D eigenvalue weighted by molar-refractivity contribution is 0.220. The Labute approximate surface area is 73.5 Å². The molecule has 1 heterocycles. The molecule has 3 nitrogen and oxygen atoms in total. The first-order chi connectivity index (χ1) is 5.86. The van der Waals surface area contributed by atoms with Crippen molar-refractivity contribution in [1.82, 2.24) is 5.32 Å². The second-order valence-electron chi connectivity index (χ2n) is 2.79. The van der Waals surface area contributed by atoms with E-state index in [-0.39, 0.29) is 6.10 Å². The lowest BCUT2D eigenvalue weighted by atomic mass is 10.2. The van der Waals surface area contributed by atoms with Gasteiger partial charge in [0.25, 0.3) is 0 Å². The van der Waals surface area contributed by atoms with E-state index in [2.05, 4.69) is 10.3 Å². The van der Waals surface area contributed by atoms with E-state index in [0.29, 0.717) is 6.67 Å². The van der Waals surface area contributed by atoms with Crippen LogP contribution in [0.5, 0.6) is 0 Å². The van der Waals surface area contributed by atoms with Gasteiger partial charge in [-0.15, -0.1) is 0 Å². The van der Waals surface area contributed by atoms with Crippen LogP contribution in [-0.2, 0) is 4.74 Å². The zero-order valence-corrected chi connectivity index (χ0v) is 7.71. The van der Waals surface area contributed by atoms with Crippen LogP contribution in [0.1, 0.15) is 19.8 Å². The highest BCUT2D eigenvalue weighted by Gasteiger charge is 2.17. The first-order valence-electron chi connectivity index (χ1n) is 4.33. The number of hydrogen-bond donors (Lipinski definition) is 1. The Bertz CT molecular complexity index is 187. The molecule has 0 amide bonds. The highest BCUT2D eigenvalue weighted by molar-refractivity contribution is 5.63. The first-order valence-corrected chi connectivity index (χ1v) is 4.33. The lowest BCUT2D eigenvalue weighted by Gasteiger charge is -2.03. The zero-order valence-electron chi connectivity index (χ0n) is 7.71. The van der Waals surface area contributed by atoms with Crippen LogP contribution < -0.4 is 5.32 Å². The van der Waals surface area contributed by atoms with Crippen LogP contribution in [0.2, 0.25) is 0 Å². The van der Waals surface area contributed by atoms with E-state index < -0.39 is 0 Å². The van der Waals surface area contributed by atoms with Gasteiger partial charge >= 0.3 is 0 Å². The van der Waals surface area contributed by atoms with Crippen molar-refractivity contribution in [2.75, 3.05) is 13.7 Å². The number of nitrogens with zero attached hydrogens (tertiary/aromatic N) is 1. The van der Waals surface area contributed by atoms with Crippen molar-refractivity contribution >= 4 is 6.21 Å². The molecule has 1 fully saturated rings. The van der Waals surface area contributed by atoms with Crippen LogP contribution in [0.3, 0.4) is 0 Å². The molecule has 68 valence electrons. The maximum Gasteiger partial charge on any atom is 0.133 e. The van der Waals surface area contributed by atoms with E-state index in [1.807, 2.05) is 26.3 Å². The quantitative estimate of drug-likeness (QED) is 0.645. The molecule has 0 aliphatic carbocycles. The van der Waals surface area contributed by atoms with E-state index in [1.54, 1.807) is 0 Å². The van der Waals surface area contributed by atoms with E-state index in [4.69, 9.17) is 4.74 Å². The van der Waals surface area contributed by atoms with Gasteiger partial charge in [0.2, 0.25) is 0 Å². The predicted molar refractivity (Wildman–Crippen MR) is 50.3 cm³/mol. The maximum absolute atomic E-state index is 5.54. The van der Waals surface area contributed by atoms with Crippen LogP contribution in [0.4, 0.5) is 0 Å². The monoisotopic (exact) mass is 168 g/mol. The van der Waals surface area contributed by atoms with Crippen molar-refractivity contribution in [3.05, 3.63) is 11.8 Å². The molecule has 1 saturated heterocycles. The molecule has 0 bridgehead atoms. The fourth-order valence-corrected chi connectivity index (χ4v) is 1.18. The molecule has 3 heteroatoms. The molecular weight excluding hydrogens is 152 g/mol. The van der Waals surface area contributed by atoms with Gasteiger partial charge in [0.1, 0.15) is 6.10 Å². The second kappa shape index (κ2) is 4.93. The summed E-state index contributed by atoms with van der Waals surface area (Å²) in [5.74, 6) is 1.09. The van der Waals surface area contributed by atoms with Gasteiger partial charge in [-0.1, -0.05) is 0 Å². The molecule has 0 aromatic carbocycles. The number of ether oxygens (including phenoxy) is 1. The molecule has 0 spiro atoms. The van der Waals surface area contributed by atoms with Crippen LogP contribution >= 0.6 is 0 Å². The molecule has 1 aliphatic heterocycles. The summed E-state index contributed by atoms with van der Waals surface area (Å²) in [6.07, 6.45) is 6.21. The Morgan fingerprint density at radius 2 is 2.58 bits per heavy atom. The summed E-state index contributed by atoms with van der Waals surface area (Å²) < 4.78 is 5.54. The van der Waals surface area contributed by atoms with E-state index in [1.165, 1.54) is 0 Å². The SMILES string of the molecule is C/C=C1\CCC(C=NCNC)O1. The summed E-state index contributed by atoms with van der Waals surface area (Å²) in [7, 11) is 1.88. The average Bonchev–Trinajstić information content (AvgIpc) is 2.53. The summed E-state index contributed by atoms with van der Waals surface area (Å²) >= 11 is 0. The smallest absolute Gasteiger partial charge is 0.133 e. The van der Waals surface area contributed by atoms with Crippen LogP contribution in [-0.4, -0.2) is 26.0 Å². The van der Waals surface area contributed by atoms with Gasteiger partial charge < -0.3 is 10.1 Å². The van der Waals surface area contributed by atoms with Gasteiger partial charge in [0.05, 0.1) is 12.4 Å². The van der Waals surface area contributed by atoms with Gasteiger partial charge in [0.15, 0.2) is 0 Å². The fraction of sp³-hybridized carbons (Fsp3) is 0.667. The van der Waals surface area contributed by atoms with Gasteiger partial charge in [-0.25, -0.2) is 0 Å². The summed E-state index contributed by atoms with van der Waals surface area (Å²) in [5, 5.41) is 2.95. The molecule has 0 radical (unpaired) electrons. The molecule has 1 atom stereocenters. The van der Waals surface area contributed by atoms with Crippen LogP contribution in [0.25, 0.3) is 0 Å². The largest absolute Gasteiger partial charge is 0.489 e. The third-order valence-electron chi connectivity index (χ3n) is 1.82. The van der Waals surface area contributed by atoms with Crippen molar-refractivity contribution in [2.45, 2.75) is 25.9 Å². The molecule has 12 heavy (non-hydrogen) atoms. The van der Waals surface area contributed by atoms with Gasteiger partial charge in [-0.3, -0.25) is 4.99 Å². The third-order valence-corrected chi connectivity index (χ3v) is 1.82. The van der Waals surface area contributed by atoms with E-state index in [9.17, 15) is 0 Å². The van der Waals surface area contributed by atoms with Crippen molar-refractivity contribution < 1.29 is 4.74 Å². The minimum atomic E-state index is 0.199. The molecule has 0 aromatic heterocycles. The normalized spacial score (nSPS) is 26.8. The van der Waals surface area contributed by atoms with Gasteiger partial charge in [-0.05, 0) is 26.5 Å². The Kier molecular flexibility index (Phi) is 3.80. The van der Waals surface area contributed by atoms with Crippen LogP contribution in [0, 0.1) is 0 Å². The Morgan fingerprint density at radius 3 is 3.17 bits per heavy atom. The van der Waals surface area contributed by atoms with Crippen LogP contribution in [0.15, 0.2) is 16.8 Å². The standard InChI is InChI=1S/C9H16N2O/c1-3-8-4-5-9(12-8)6-11-7-10-2/h3,6,9-10H,4-5,7H2,1-2H3/b8-3+,11-6?. The highest BCUT2D eigenvalue weighted by Crippen LogP contribution is 2.21. The van der Waals surface area contributed by atoms with E-state index in [0.717, 1.165) is 18.6 Å². The second-order valence-corrected chi connectivity index (χ2v) is 2.79. The molecule has 1 rings (SSSR count). The van der Waals surface area contributed by atoms with Crippen molar-refractivity contribution in [2.24, 2.45) is 4.99 Å². The number of aliphatic imine (C=N–C) groups is 1. The first kappa shape index (κ1) is 9.26. The fourth-order valence-electron chi connectivity index (χ4n) is 1.18. The average molecular weight is 168 g/mol. The minimum absolute atomic E-state index is 0.199. The Hall–Kier alpha value is -0.830. The predicted octanol–water partition coefficient (Wildman–Crippen LogP) is 1.32. The van der Waals surface area contributed by atoms with Gasteiger partial charge in [0, 0.05) is 12.6 Å². The zero-order chi connectivity index (χ0) is 8.81. The van der Waals surface area contributed by atoms with Crippen molar-refractivity contribution in [3.8, 4) is 0 Å². The Balaban J connectivity index is 2.28. The molecule has 0 aromatic rings. The summed E-state index contributed by atoms with van der Waals surface area (Å²) in [6.45, 7) is 2.67. The minimum Gasteiger partial charge on any atom is -0.489 e. The Morgan fingerprint density at radius 1 is 1.75 bits per heavy atom. The highest BCUT2D eigenvalue weighted by atomic mass is 16.5. The number of hydrogen-bond acceptors (Lipinski definition) is 3. The molecule has 1 N–H and O–H groups in total.